The molecule has 1 fully saturated rings. The molecule has 3 heterocycles. The van der Waals surface area contributed by atoms with Gasteiger partial charge in [0.15, 0.2) is 10.8 Å². The molecule has 3 aromatic heterocycles. The Kier molecular flexibility index (Phi) is 5.29. The molecule has 4 aromatic rings. The van der Waals surface area contributed by atoms with Crippen LogP contribution in [0.1, 0.15) is 46.9 Å². The molecule has 0 radical (unpaired) electrons. The zero-order valence-corrected chi connectivity index (χ0v) is 18.4. The van der Waals surface area contributed by atoms with Gasteiger partial charge in [-0.25, -0.2) is 31.7 Å². The third-order valence-electron chi connectivity index (χ3n) is 5.06. The van der Waals surface area contributed by atoms with Crippen molar-refractivity contribution in [2.24, 2.45) is 0 Å². The van der Waals surface area contributed by atoms with Gasteiger partial charge in [-0.05, 0) is 43.2 Å². The number of carbonyl (C=O) groups excluding carboxylic acids is 1. The summed E-state index contributed by atoms with van der Waals surface area (Å²) in [5, 5.41) is 8.43. The van der Waals surface area contributed by atoms with Gasteiger partial charge in [-0.2, -0.15) is 5.10 Å². The molecule has 1 aromatic carbocycles. The molecule has 0 atom stereocenters. The largest absolute Gasteiger partial charge is 0.322 e. The van der Waals surface area contributed by atoms with Gasteiger partial charge in [-0.15, -0.1) is 11.3 Å². The summed E-state index contributed by atoms with van der Waals surface area (Å²) in [6.45, 7) is 0. The summed E-state index contributed by atoms with van der Waals surface area (Å²) >= 11 is 1.15. The number of nitrogens with zero attached hydrogens (tertiary/aromatic N) is 4. The highest BCUT2D eigenvalue weighted by Gasteiger charge is 2.29. The number of benzene rings is 1. The number of anilines is 2. The van der Waals surface area contributed by atoms with Crippen molar-refractivity contribution in [1.82, 2.24) is 19.6 Å². The van der Waals surface area contributed by atoms with Crippen LogP contribution in [0, 0.1) is 0 Å². The Hall–Kier alpha value is -3.45. The molecular formula is C20H16F2N6O3S2. The molecule has 1 aliphatic rings. The Bertz CT molecular complexity index is 1430. The van der Waals surface area contributed by atoms with Gasteiger partial charge in [0.1, 0.15) is 11.3 Å². The van der Waals surface area contributed by atoms with Gasteiger partial charge in [0, 0.05) is 28.9 Å². The average Bonchev–Trinajstić information content (AvgIpc) is 3.35. The first-order valence-corrected chi connectivity index (χ1v) is 12.2. The number of sulfonamides is 1. The predicted octanol–water partition coefficient (Wildman–Crippen LogP) is 4.05. The lowest BCUT2D eigenvalue weighted by molar-refractivity contribution is 0.102. The summed E-state index contributed by atoms with van der Waals surface area (Å²) in [7, 11) is -3.83. The minimum Gasteiger partial charge on any atom is -0.322 e. The second kappa shape index (κ2) is 8.15. The van der Waals surface area contributed by atoms with E-state index in [-0.39, 0.29) is 32.8 Å². The van der Waals surface area contributed by atoms with E-state index in [1.54, 1.807) is 5.38 Å². The molecule has 1 amide bonds. The third kappa shape index (κ3) is 4.28. The Morgan fingerprint density at radius 3 is 2.61 bits per heavy atom. The number of fused-ring (bicyclic) bond motifs is 1. The van der Waals surface area contributed by atoms with Crippen LogP contribution in [0.15, 0.2) is 53.0 Å². The van der Waals surface area contributed by atoms with E-state index in [0.717, 1.165) is 28.7 Å². The lowest BCUT2D eigenvalue weighted by Crippen LogP contribution is -2.14. The normalized spacial score (nSPS) is 14.0. The monoisotopic (exact) mass is 490 g/mol. The molecule has 33 heavy (non-hydrogen) atoms. The molecule has 0 aliphatic heterocycles. The topological polar surface area (TPSA) is 118 Å². The third-order valence-corrected chi connectivity index (χ3v) is 7.23. The summed E-state index contributed by atoms with van der Waals surface area (Å²) in [6, 6.07) is 6.85. The number of nitrogens with one attached hydrogen (secondary N) is 2. The molecule has 170 valence electrons. The molecule has 9 nitrogen and oxygen atoms in total. The number of thiazole rings is 1. The van der Waals surface area contributed by atoms with E-state index < -0.39 is 22.4 Å². The van der Waals surface area contributed by atoms with Crippen LogP contribution in [0.5, 0.6) is 0 Å². The summed E-state index contributed by atoms with van der Waals surface area (Å²) < 4.78 is 55.3. The van der Waals surface area contributed by atoms with Crippen molar-refractivity contribution < 1.29 is 22.0 Å². The Morgan fingerprint density at radius 1 is 1.21 bits per heavy atom. The minimum absolute atomic E-state index is 0.0102. The highest BCUT2D eigenvalue weighted by Crippen LogP contribution is 2.40. The first-order valence-electron chi connectivity index (χ1n) is 9.82. The van der Waals surface area contributed by atoms with E-state index in [1.807, 2.05) is 0 Å². The van der Waals surface area contributed by atoms with Crippen LogP contribution < -0.4 is 10.0 Å². The fraction of sp³-hybridized carbons (Fsp3) is 0.200. The van der Waals surface area contributed by atoms with Gasteiger partial charge < -0.3 is 5.32 Å². The number of hydrogen-bond acceptors (Lipinski definition) is 7. The zero-order valence-electron chi connectivity index (χ0n) is 16.8. The van der Waals surface area contributed by atoms with Crippen molar-refractivity contribution in [2.75, 3.05) is 10.0 Å². The van der Waals surface area contributed by atoms with Crippen molar-refractivity contribution in [2.45, 2.75) is 30.1 Å². The van der Waals surface area contributed by atoms with E-state index in [1.165, 1.54) is 42.7 Å². The van der Waals surface area contributed by atoms with E-state index in [9.17, 15) is 22.0 Å². The van der Waals surface area contributed by atoms with Crippen LogP contribution >= 0.6 is 11.3 Å². The fourth-order valence-electron chi connectivity index (χ4n) is 3.27. The van der Waals surface area contributed by atoms with Crippen LogP contribution in [0.25, 0.3) is 5.65 Å². The van der Waals surface area contributed by atoms with Gasteiger partial charge in [-0.1, -0.05) is 0 Å². The Labute approximate surface area is 190 Å². The number of hydrogen-bond donors (Lipinski definition) is 2. The number of halogens is 2. The maximum absolute atomic E-state index is 13.5. The van der Waals surface area contributed by atoms with Crippen molar-refractivity contribution >= 4 is 43.7 Å². The van der Waals surface area contributed by atoms with Crippen LogP contribution in [0.2, 0.25) is 0 Å². The number of aromatic nitrogens is 4. The highest BCUT2D eigenvalue weighted by atomic mass is 32.2. The second-order valence-electron chi connectivity index (χ2n) is 7.40. The first-order chi connectivity index (χ1) is 15.8. The van der Waals surface area contributed by atoms with Crippen molar-refractivity contribution in [3.63, 3.8) is 0 Å². The fourth-order valence-corrected chi connectivity index (χ4v) is 5.06. The molecule has 1 saturated carbocycles. The smallest absolute Gasteiger partial charge is 0.280 e. The first kappa shape index (κ1) is 21.4. The molecule has 0 unspecified atom stereocenters. The summed E-state index contributed by atoms with van der Waals surface area (Å²) in [5.41, 5.74) is 0.624. The van der Waals surface area contributed by atoms with Crippen LogP contribution in [-0.4, -0.2) is 33.9 Å². The number of carbonyl (C=O) groups is 1. The molecule has 1 aliphatic carbocycles. The van der Waals surface area contributed by atoms with Crippen molar-refractivity contribution in [3.8, 4) is 0 Å². The number of alkyl halides is 2. The molecule has 2 N–H and O–H groups in total. The van der Waals surface area contributed by atoms with E-state index in [2.05, 4.69) is 25.1 Å². The summed E-state index contributed by atoms with van der Waals surface area (Å²) in [5.74, 6) is -0.479. The lowest BCUT2D eigenvalue weighted by Gasteiger charge is -2.09. The van der Waals surface area contributed by atoms with Crippen LogP contribution in [-0.2, 0) is 10.0 Å². The predicted molar refractivity (Wildman–Crippen MR) is 117 cm³/mol. The van der Waals surface area contributed by atoms with Gasteiger partial charge in [0.05, 0.1) is 11.1 Å². The lowest BCUT2D eigenvalue weighted by atomic mass is 10.2. The van der Waals surface area contributed by atoms with Gasteiger partial charge >= 0.3 is 0 Å². The van der Waals surface area contributed by atoms with Gasteiger partial charge in [0.2, 0.25) is 0 Å². The van der Waals surface area contributed by atoms with Crippen molar-refractivity contribution in [3.05, 3.63) is 65.1 Å². The van der Waals surface area contributed by atoms with Gasteiger partial charge in [0.25, 0.3) is 22.4 Å². The number of rotatable bonds is 7. The average molecular weight is 491 g/mol. The van der Waals surface area contributed by atoms with Crippen LogP contribution in [0.3, 0.4) is 0 Å². The maximum atomic E-state index is 13.5. The maximum Gasteiger partial charge on any atom is 0.280 e. The second-order valence-corrected chi connectivity index (χ2v) is 9.97. The highest BCUT2D eigenvalue weighted by molar-refractivity contribution is 7.93. The SMILES string of the molecule is O=C(Nc1ccc(S(=O)(=O)Nc2nccs2)cc1)c1cnn2c(C(F)F)cc(C3CC3)nc12. The molecule has 5 rings (SSSR count). The molecule has 0 saturated heterocycles. The van der Waals surface area contributed by atoms with E-state index in [4.69, 9.17) is 0 Å². The number of amides is 1. The molecular weight excluding hydrogens is 474 g/mol. The quantitative estimate of drug-likeness (QED) is 0.403. The summed E-state index contributed by atoms with van der Waals surface area (Å²) in [4.78, 5) is 21.1. The summed E-state index contributed by atoms with van der Waals surface area (Å²) in [6.07, 6.45) is 1.64. The molecule has 0 bridgehead atoms. The van der Waals surface area contributed by atoms with Crippen LogP contribution in [0.4, 0.5) is 19.6 Å². The standard InChI is InChI=1S/C20H16F2N6O3S2/c21-17(22)16-9-15(11-1-2-11)26-18-14(10-24-28(16)18)19(29)25-12-3-5-13(6-4-12)33(30,31)27-20-23-7-8-32-20/h3-11,17H,1-2H2,(H,23,27)(H,25,29). The molecule has 13 heteroatoms. The minimum atomic E-state index is -3.83. The van der Waals surface area contributed by atoms with E-state index in [0.29, 0.717) is 11.4 Å². The zero-order chi connectivity index (χ0) is 23.2. The van der Waals surface area contributed by atoms with Crippen molar-refractivity contribution in [1.29, 1.82) is 0 Å². The molecule has 0 spiro atoms. The Balaban J connectivity index is 1.38. The Morgan fingerprint density at radius 2 is 1.97 bits per heavy atom. The van der Waals surface area contributed by atoms with Gasteiger partial charge in [-0.3, -0.25) is 9.52 Å². The van der Waals surface area contributed by atoms with E-state index >= 15 is 0 Å².